The van der Waals surface area contributed by atoms with Gasteiger partial charge in [-0.1, -0.05) is 0 Å². The van der Waals surface area contributed by atoms with E-state index in [1.807, 2.05) is 4.90 Å². The van der Waals surface area contributed by atoms with Crippen LogP contribution in [-0.2, 0) is 4.74 Å². The van der Waals surface area contributed by atoms with E-state index in [9.17, 15) is 13.6 Å². The maximum atomic E-state index is 13.8. The molecule has 1 saturated carbocycles. The highest BCUT2D eigenvalue weighted by Crippen LogP contribution is 2.36. The number of hydrogen-bond acceptors (Lipinski definition) is 5. The number of hydrogen-bond donors (Lipinski definition) is 0. The average Bonchev–Trinajstić information content (AvgIpc) is 3.03. The topological polar surface area (TPSA) is 58.8 Å². The number of alkyl halides is 2. The van der Waals surface area contributed by atoms with Crippen LogP contribution >= 0.6 is 0 Å². The second-order valence-corrected chi connectivity index (χ2v) is 7.10. The van der Waals surface area contributed by atoms with Crippen molar-refractivity contribution in [3.8, 4) is 0 Å². The number of halogens is 2. The molecule has 1 aliphatic carbocycles. The molecule has 1 aromatic rings. The fraction of sp³-hybridized carbons (Fsp3) is 0.750. The maximum absolute atomic E-state index is 13.8. The molecule has 0 bridgehead atoms. The van der Waals surface area contributed by atoms with Crippen LogP contribution in [0.15, 0.2) is 17.0 Å². The zero-order chi connectivity index (χ0) is 16.7. The van der Waals surface area contributed by atoms with Crippen LogP contribution in [0.1, 0.15) is 29.8 Å². The van der Waals surface area contributed by atoms with Crippen molar-refractivity contribution in [2.24, 2.45) is 5.92 Å². The quantitative estimate of drug-likeness (QED) is 0.787. The van der Waals surface area contributed by atoms with E-state index in [4.69, 9.17) is 9.15 Å². The normalized spacial score (nSPS) is 27.4. The molecule has 3 fully saturated rings. The first kappa shape index (κ1) is 16.0. The summed E-state index contributed by atoms with van der Waals surface area (Å²) >= 11 is 0. The lowest BCUT2D eigenvalue weighted by Crippen LogP contribution is -2.62. The Kier molecular flexibility index (Phi) is 4.04. The molecule has 0 aromatic carbocycles. The molecular weight excluding hydrogens is 320 g/mol. The van der Waals surface area contributed by atoms with Gasteiger partial charge in [0.2, 0.25) is 5.76 Å². The number of carbonyl (C=O) groups excluding carboxylic acids is 1. The highest BCUT2D eigenvalue weighted by Gasteiger charge is 2.50. The molecule has 1 aromatic heterocycles. The molecule has 3 heterocycles. The summed E-state index contributed by atoms with van der Waals surface area (Å²) in [6, 6.07) is -0.314. The van der Waals surface area contributed by atoms with E-state index in [0.717, 1.165) is 0 Å². The number of ether oxygens (including phenoxy) is 1. The van der Waals surface area contributed by atoms with Gasteiger partial charge in [0.15, 0.2) is 6.39 Å². The summed E-state index contributed by atoms with van der Waals surface area (Å²) < 4.78 is 38.3. The fourth-order valence-corrected chi connectivity index (χ4v) is 3.47. The molecule has 0 spiro atoms. The predicted molar refractivity (Wildman–Crippen MR) is 79.8 cm³/mol. The molecule has 0 radical (unpaired) electrons. The Morgan fingerprint density at radius 3 is 2.83 bits per heavy atom. The molecule has 4 rings (SSSR count). The van der Waals surface area contributed by atoms with Gasteiger partial charge in [0.1, 0.15) is 0 Å². The summed E-state index contributed by atoms with van der Waals surface area (Å²) in [6.45, 7) is 1.65. The Bertz CT molecular complexity index is 585. The molecule has 132 valence electrons. The number of likely N-dealkylation sites (tertiary alicyclic amines) is 2. The molecule has 0 unspecified atom stereocenters. The number of amides is 1. The van der Waals surface area contributed by atoms with E-state index >= 15 is 0 Å². The lowest BCUT2D eigenvalue weighted by molar-refractivity contribution is -0.0164. The number of oxazole rings is 1. The minimum Gasteiger partial charge on any atom is -0.438 e. The summed E-state index contributed by atoms with van der Waals surface area (Å²) in [5.41, 5.74) is 0. The lowest BCUT2D eigenvalue weighted by atomic mass is 10.1. The van der Waals surface area contributed by atoms with Crippen LogP contribution in [0, 0.1) is 5.92 Å². The summed E-state index contributed by atoms with van der Waals surface area (Å²) in [5.74, 6) is -2.11. The standard InChI is InChI=1S/C16H21F2N3O3/c17-16(18)3-12(8-23-7-11-1-2-11)21(9-16)13-5-20(6-13)15(22)14-4-19-10-24-14/h4,10-13H,1-3,5-9H2/t12-/m0/s1. The molecule has 8 heteroatoms. The van der Waals surface area contributed by atoms with Crippen molar-refractivity contribution < 1.29 is 22.7 Å². The molecule has 2 aliphatic heterocycles. The van der Waals surface area contributed by atoms with Crippen LogP contribution in [0.4, 0.5) is 8.78 Å². The van der Waals surface area contributed by atoms with Gasteiger partial charge < -0.3 is 14.1 Å². The van der Waals surface area contributed by atoms with E-state index in [0.29, 0.717) is 32.2 Å². The molecule has 1 amide bonds. The highest BCUT2D eigenvalue weighted by atomic mass is 19.3. The summed E-state index contributed by atoms with van der Waals surface area (Å²) in [5, 5.41) is 0. The molecular formula is C16H21F2N3O3. The molecule has 2 saturated heterocycles. The van der Waals surface area contributed by atoms with Crippen molar-refractivity contribution >= 4 is 5.91 Å². The molecule has 0 N–H and O–H groups in total. The average molecular weight is 341 g/mol. The van der Waals surface area contributed by atoms with E-state index in [2.05, 4.69) is 4.98 Å². The Balaban J connectivity index is 1.31. The monoisotopic (exact) mass is 341 g/mol. The van der Waals surface area contributed by atoms with Gasteiger partial charge in [-0.05, 0) is 18.8 Å². The van der Waals surface area contributed by atoms with Crippen molar-refractivity contribution in [2.45, 2.75) is 37.3 Å². The first-order valence-electron chi connectivity index (χ1n) is 8.41. The van der Waals surface area contributed by atoms with Gasteiger partial charge in [0, 0.05) is 38.2 Å². The highest BCUT2D eigenvalue weighted by molar-refractivity contribution is 5.91. The first-order chi connectivity index (χ1) is 11.5. The Morgan fingerprint density at radius 2 is 2.17 bits per heavy atom. The van der Waals surface area contributed by atoms with Gasteiger partial charge in [0.05, 0.1) is 19.3 Å². The van der Waals surface area contributed by atoms with Crippen LogP contribution in [0.2, 0.25) is 0 Å². The van der Waals surface area contributed by atoms with Gasteiger partial charge in [-0.25, -0.2) is 13.8 Å². The van der Waals surface area contributed by atoms with Crippen LogP contribution in [0.3, 0.4) is 0 Å². The Labute approximate surface area is 138 Å². The SMILES string of the molecule is O=C(c1cnco1)N1CC(N2CC(F)(F)C[C@H]2COCC2CC2)C1. The van der Waals surface area contributed by atoms with Crippen LogP contribution in [0.5, 0.6) is 0 Å². The summed E-state index contributed by atoms with van der Waals surface area (Å²) in [7, 11) is 0. The van der Waals surface area contributed by atoms with E-state index < -0.39 is 5.92 Å². The van der Waals surface area contributed by atoms with Crippen molar-refractivity contribution in [1.82, 2.24) is 14.8 Å². The summed E-state index contributed by atoms with van der Waals surface area (Å²) in [6.07, 6.45) is 4.79. The third-order valence-corrected chi connectivity index (χ3v) is 5.04. The van der Waals surface area contributed by atoms with Gasteiger partial charge in [0.25, 0.3) is 11.8 Å². The van der Waals surface area contributed by atoms with Crippen LogP contribution in [0.25, 0.3) is 0 Å². The molecule has 24 heavy (non-hydrogen) atoms. The van der Waals surface area contributed by atoms with Crippen molar-refractivity contribution in [3.63, 3.8) is 0 Å². The Hall–Kier alpha value is -1.54. The zero-order valence-corrected chi connectivity index (χ0v) is 13.4. The van der Waals surface area contributed by atoms with Crippen molar-refractivity contribution in [3.05, 3.63) is 18.4 Å². The molecule has 6 nitrogen and oxygen atoms in total. The predicted octanol–water partition coefficient (Wildman–Crippen LogP) is 1.64. The van der Waals surface area contributed by atoms with Crippen molar-refractivity contribution in [1.29, 1.82) is 0 Å². The van der Waals surface area contributed by atoms with Crippen molar-refractivity contribution in [2.75, 3.05) is 32.8 Å². The fourth-order valence-electron chi connectivity index (χ4n) is 3.47. The second-order valence-electron chi connectivity index (χ2n) is 7.10. The maximum Gasteiger partial charge on any atom is 0.291 e. The first-order valence-corrected chi connectivity index (χ1v) is 8.41. The number of carbonyl (C=O) groups is 1. The minimum absolute atomic E-state index is 0.0419. The van der Waals surface area contributed by atoms with E-state index in [1.165, 1.54) is 25.4 Å². The van der Waals surface area contributed by atoms with Gasteiger partial charge in [-0.15, -0.1) is 0 Å². The third kappa shape index (κ3) is 3.30. The van der Waals surface area contributed by atoms with Crippen LogP contribution < -0.4 is 0 Å². The zero-order valence-electron chi connectivity index (χ0n) is 13.4. The lowest BCUT2D eigenvalue weighted by Gasteiger charge is -2.45. The summed E-state index contributed by atoms with van der Waals surface area (Å²) in [4.78, 5) is 19.3. The second kappa shape index (κ2) is 6.07. The number of nitrogens with zero attached hydrogens (tertiary/aromatic N) is 3. The Morgan fingerprint density at radius 1 is 1.38 bits per heavy atom. The van der Waals surface area contributed by atoms with E-state index in [1.54, 1.807) is 4.90 Å². The smallest absolute Gasteiger partial charge is 0.291 e. The molecule has 3 aliphatic rings. The van der Waals surface area contributed by atoms with Gasteiger partial charge in [-0.2, -0.15) is 0 Å². The molecule has 1 atom stereocenters. The number of rotatable bonds is 6. The third-order valence-electron chi connectivity index (χ3n) is 5.04. The van der Waals surface area contributed by atoms with Crippen LogP contribution in [-0.4, -0.2) is 71.5 Å². The number of aromatic nitrogens is 1. The van der Waals surface area contributed by atoms with E-state index in [-0.39, 0.29) is 36.7 Å². The largest absolute Gasteiger partial charge is 0.438 e. The minimum atomic E-state index is -2.68. The van der Waals surface area contributed by atoms with Gasteiger partial charge in [-0.3, -0.25) is 9.69 Å². The van der Waals surface area contributed by atoms with Gasteiger partial charge >= 0.3 is 0 Å².